The second kappa shape index (κ2) is 23.6. The smallest absolute Gasteiger partial charge is 0.303 e. The zero-order valence-corrected chi connectivity index (χ0v) is 40.4. The van der Waals surface area contributed by atoms with Gasteiger partial charge >= 0.3 is 23.9 Å². The topological polar surface area (TPSA) is 187 Å². The number of ether oxygens (including phenoxy) is 9. The van der Waals surface area contributed by atoms with Crippen LogP contribution in [0.15, 0.2) is 91.0 Å². The quantitative estimate of drug-likeness (QED) is 0.0699. The fourth-order valence-corrected chi connectivity index (χ4v) is 9.48. The van der Waals surface area contributed by atoms with Crippen molar-refractivity contribution in [2.75, 3.05) is 33.9 Å². The molecule has 0 aromatic heterocycles. The van der Waals surface area contributed by atoms with Crippen LogP contribution in [0.1, 0.15) is 91.4 Å². The number of esters is 4. The molecular formula is C52H60N2O14S. The highest BCUT2D eigenvalue weighted by Crippen LogP contribution is 2.47. The van der Waals surface area contributed by atoms with Crippen LogP contribution in [0.3, 0.4) is 0 Å². The number of aliphatic hydroxyl groups excluding tert-OH is 1. The van der Waals surface area contributed by atoms with E-state index in [1.807, 2.05) is 66.7 Å². The van der Waals surface area contributed by atoms with E-state index in [0.717, 1.165) is 40.8 Å². The van der Waals surface area contributed by atoms with Crippen molar-refractivity contribution >= 4 is 41.1 Å². The van der Waals surface area contributed by atoms with E-state index in [4.69, 9.17) is 54.8 Å². The van der Waals surface area contributed by atoms with Crippen LogP contribution in [0.25, 0.3) is 0 Å². The number of aliphatic hydroxyl groups is 1. The molecule has 0 bridgehead atoms. The van der Waals surface area contributed by atoms with Crippen LogP contribution in [0.2, 0.25) is 0 Å². The molecule has 9 atom stereocenters. The van der Waals surface area contributed by atoms with E-state index in [2.05, 4.69) is 34.5 Å². The lowest BCUT2D eigenvalue weighted by Crippen LogP contribution is -2.62. The summed E-state index contributed by atoms with van der Waals surface area (Å²) in [6.45, 7) is 6.80. The Morgan fingerprint density at radius 2 is 1.28 bits per heavy atom. The summed E-state index contributed by atoms with van der Waals surface area (Å²) in [5.41, 5.74) is 6.95. The maximum atomic E-state index is 12.4. The van der Waals surface area contributed by atoms with Crippen molar-refractivity contribution in [3.05, 3.63) is 130 Å². The lowest BCUT2D eigenvalue weighted by atomic mass is 9.82. The Hall–Kier alpha value is -5.95. The van der Waals surface area contributed by atoms with Gasteiger partial charge in [0.05, 0.1) is 38.0 Å². The van der Waals surface area contributed by atoms with Gasteiger partial charge in [0, 0.05) is 71.8 Å². The SMILES string of the molecule is COc1cc2c(cc1OC)CN(C[C@H]1OC(c3ccc(CNC(=S)C[C@@H]4O[C@H](COC(C)=O)[C@@H](OC(C)=O)[C@H](OC(C)=O)[C@H]4OC(C)=O)cc3)O[C@@H](c3ccc(CO)cc3)[C@@H]1c1ccccc1)CC2. The van der Waals surface area contributed by atoms with Gasteiger partial charge in [-0.1, -0.05) is 91.1 Å². The molecule has 3 heterocycles. The van der Waals surface area contributed by atoms with E-state index < -0.39 is 66.8 Å². The van der Waals surface area contributed by atoms with Crippen LogP contribution < -0.4 is 14.8 Å². The number of hydrogen-bond donors (Lipinski definition) is 2. The predicted octanol–water partition coefficient (Wildman–Crippen LogP) is 6.13. The van der Waals surface area contributed by atoms with Gasteiger partial charge in [0.2, 0.25) is 0 Å². The molecule has 2 N–H and O–H groups in total. The molecule has 1 unspecified atom stereocenters. The Labute approximate surface area is 407 Å². The molecule has 69 heavy (non-hydrogen) atoms. The molecule has 2 fully saturated rings. The van der Waals surface area contributed by atoms with Crippen molar-refractivity contribution in [2.45, 2.75) is 115 Å². The summed E-state index contributed by atoms with van der Waals surface area (Å²) in [6, 6.07) is 30.1. The molecule has 16 nitrogen and oxygen atoms in total. The number of hydrogen-bond acceptors (Lipinski definition) is 16. The van der Waals surface area contributed by atoms with Crippen molar-refractivity contribution in [1.82, 2.24) is 10.2 Å². The highest BCUT2D eigenvalue weighted by Gasteiger charge is 2.52. The largest absolute Gasteiger partial charge is 0.493 e. The molecule has 7 rings (SSSR count). The lowest BCUT2D eigenvalue weighted by Gasteiger charge is -2.45. The summed E-state index contributed by atoms with van der Waals surface area (Å²) in [4.78, 5) is 51.4. The van der Waals surface area contributed by atoms with E-state index in [9.17, 15) is 24.3 Å². The third kappa shape index (κ3) is 13.0. The maximum Gasteiger partial charge on any atom is 0.303 e. The molecular weight excluding hydrogens is 909 g/mol. The van der Waals surface area contributed by atoms with Crippen LogP contribution in [0, 0.1) is 0 Å². The highest BCUT2D eigenvalue weighted by molar-refractivity contribution is 7.80. The third-order valence-electron chi connectivity index (χ3n) is 12.4. The maximum absolute atomic E-state index is 12.4. The summed E-state index contributed by atoms with van der Waals surface area (Å²) in [6.07, 6.45) is -6.43. The number of methoxy groups -OCH3 is 2. The van der Waals surface area contributed by atoms with Gasteiger partial charge in [-0.05, 0) is 51.9 Å². The molecule has 4 aromatic carbocycles. The molecule has 3 aliphatic heterocycles. The number of benzene rings is 4. The molecule has 4 aromatic rings. The summed E-state index contributed by atoms with van der Waals surface area (Å²) < 4.78 is 53.5. The number of nitrogens with one attached hydrogen (secondary N) is 1. The highest BCUT2D eigenvalue weighted by atomic mass is 32.1. The first-order valence-electron chi connectivity index (χ1n) is 22.9. The Kier molecular flexibility index (Phi) is 17.4. The van der Waals surface area contributed by atoms with Gasteiger partial charge in [-0.3, -0.25) is 24.1 Å². The van der Waals surface area contributed by atoms with E-state index in [0.29, 0.717) is 36.1 Å². The first kappa shape index (κ1) is 50.9. The third-order valence-corrected chi connectivity index (χ3v) is 12.7. The standard InChI is InChI=1S/C52H60N2O14S/c1-30(56)62-29-45-50(64-32(3)58)51(65-33(4)59)49(63-31(2)57)43(66-45)24-46(69)53-25-34-12-18-38(19-13-34)52-67-44(27-54-21-20-39-22-41(60-5)42(61-6)23-40(39)26-54)47(36-10-8-7-9-11-36)48(68-52)37-16-14-35(28-55)15-17-37/h7-19,22-23,43-45,47-52,55H,20-21,24-29H2,1-6H3,(H,53,69)/t43-,44+,45+,47+,48-,49-,50+,51+,52?/m0/s1. The minimum atomic E-state index is -1.29. The van der Waals surface area contributed by atoms with Gasteiger partial charge in [-0.2, -0.15) is 0 Å². The molecule has 0 saturated carbocycles. The lowest BCUT2D eigenvalue weighted by molar-refractivity contribution is -0.264. The fourth-order valence-electron chi connectivity index (χ4n) is 9.25. The van der Waals surface area contributed by atoms with Gasteiger partial charge in [-0.25, -0.2) is 0 Å². The molecule has 3 aliphatic rings. The van der Waals surface area contributed by atoms with Gasteiger partial charge < -0.3 is 53.1 Å². The van der Waals surface area contributed by atoms with Crippen LogP contribution in [0.5, 0.6) is 11.5 Å². The Balaban J connectivity index is 1.10. The van der Waals surface area contributed by atoms with Gasteiger partial charge in [-0.15, -0.1) is 0 Å². The van der Waals surface area contributed by atoms with Crippen LogP contribution in [-0.2, 0) is 78.5 Å². The second-order valence-electron chi connectivity index (χ2n) is 17.3. The number of carbonyl (C=O) groups excluding carboxylic acids is 4. The molecule has 0 radical (unpaired) electrons. The molecule has 17 heteroatoms. The second-order valence-corrected chi connectivity index (χ2v) is 17.8. The number of fused-ring (bicyclic) bond motifs is 1. The van der Waals surface area contributed by atoms with Gasteiger partial charge in [0.1, 0.15) is 18.8 Å². The molecule has 0 amide bonds. The van der Waals surface area contributed by atoms with Crippen LogP contribution >= 0.6 is 12.2 Å². The first-order chi connectivity index (χ1) is 33.2. The first-order valence-corrected chi connectivity index (χ1v) is 23.3. The minimum absolute atomic E-state index is 0.00518. The summed E-state index contributed by atoms with van der Waals surface area (Å²) in [5.74, 6) is -1.50. The van der Waals surface area contributed by atoms with E-state index in [1.54, 1.807) is 14.2 Å². The molecule has 368 valence electrons. The normalized spacial score (nSPS) is 24.5. The number of thiocarbonyl (C=S) groups is 1. The van der Waals surface area contributed by atoms with E-state index in [1.165, 1.54) is 38.8 Å². The average molecular weight is 969 g/mol. The number of carbonyl (C=O) groups is 4. The fraction of sp³-hybridized carbons (Fsp3) is 0.442. The van der Waals surface area contributed by atoms with Crippen LogP contribution in [-0.4, -0.2) is 109 Å². The van der Waals surface area contributed by atoms with Gasteiger partial charge in [0.15, 0.2) is 36.1 Å². The van der Waals surface area contributed by atoms with E-state index >= 15 is 0 Å². The van der Waals surface area contributed by atoms with Gasteiger partial charge in [0.25, 0.3) is 0 Å². The zero-order valence-electron chi connectivity index (χ0n) is 39.6. The van der Waals surface area contributed by atoms with Crippen molar-refractivity contribution in [3.8, 4) is 11.5 Å². The Morgan fingerprint density at radius 3 is 1.88 bits per heavy atom. The zero-order chi connectivity index (χ0) is 49.2. The average Bonchev–Trinajstić information content (AvgIpc) is 3.33. The minimum Gasteiger partial charge on any atom is -0.493 e. The Bertz CT molecular complexity index is 2420. The van der Waals surface area contributed by atoms with Crippen molar-refractivity contribution in [2.24, 2.45) is 0 Å². The summed E-state index contributed by atoms with van der Waals surface area (Å²) in [5, 5.41) is 13.1. The molecule has 0 spiro atoms. The van der Waals surface area contributed by atoms with E-state index in [-0.39, 0.29) is 31.7 Å². The van der Waals surface area contributed by atoms with Crippen molar-refractivity contribution < 1.29 is 66.9 Å². The predicted molar refractivity (Wildman–Crippen MR) is 254 cm³/mol. The summed E-state index contributed by atoms with van der Waals surface area (Å²) in [7, 11) is 3.30. The summed E-state index contributed by atoms with van der Waals surface area (Å²) >= 11 is 5.77. The van der Waals surface area contributed by atoms with Crippen LogP contribution in [0.4, 0.5) is 0 Å². The van der Waals surface area contributed by atoms with Crippen molar-refractivity contribution in [1.29, 1.82) is 0 Å². The molecule has 2 saturated heterocycles. The monoisotopic (exact) mass is 968 g/mol. The Morgan fingerprint density at radius 1 is 0.681 bits per heavy atom. The number of nitrogens with zero attached hydrogens (tertiary/aromatic N) is 1. The van der Waals surface area contributed by atoms with Crippen molar-refractivity contribution in [3.63, 3.8) is 0 Å². The molecule has 0 aliphatic carbocycles. The number of rotatable bonds is 17.